The summed E-state index contributed by atoms with van der Waals surface area (Å²) in [5.74, 6) is -2.83. The van der Waals surface area contributed by atoms with Crippen molar-refractivity contribution in [2.24, 2.45) is 0 Å². The smallest absolute Gasteiger partial charge is 0.262 e. The van der Waals surface area contributed by atoms with Gasteiger partial charge in [0.25, 0.3) is 10.0 Å². The molecular weight excluding hydrogens is 354 g/mol. The fraction of sp³-hybridized carbons (Fsp3) is 0.125. The number of amides is 2. The maximum absolute atomic E-state index is 13.6. The third-order valence-corrected chi connectivity index (χ3v) is 5.02. The van der Waals surface area contributed by atoms with Crippen molar-refractivity contribution in [3.05, 3.63) is 54.1 Å². The number of para-hydroxylation sites is 1. The van der Waals surface area contributed by atoms with Gasteiger partial charge in [0.2, 0.25) is 11.8 Å². The number of rotatable bonds is 4. The van der Waals surface area contributed by atoms with E-state index < -0.39 is 27.3 Å². The first-order chi connectivity index (χ1) is 11.8. The highest BCUT2D eigenvalue weighted by atomic mass is 32.2. The normalized spacial score (nSPS) is 14.9. The Morgan fingerprint density at radius 2 is 1.40 bits per heavy atom. The lowest BCUT2D eigenvalue weighted by atomic mass is 10.3. The maximum Gasteiger partial charge on any atom is 0.262 e. The average Bonchev–Trinajstić information content (AvgIpc) is 2.90. The van der Waals surface area contributed by atoms with Crippen LogP contribution in [0, 0.1) is 11.6 Å². The van der Waals surface area contributed by atoms with E-state index >= 15 is 0 Å². The van der Waals surface area contributed by atoms with E-state index in [2.05, 4.69) is 0 Å². The molecule has 0 radical (unpaired) electrons. The second kappa shape index (κ2) is 6.25. The van der Waals surface area contributed by atoms with Crippen LogP contribution in [0.1, 0.15) is 12.8 Å². The van der Waals surface area contributed by atoms with E-state index in [4.69, 9.17) is 0 Å². The molecule has 3 rings (SSSR count). The number of nitrogens with one attached hydrogen (secondary N) is 1. The zero-order valence-corrected chi connectivity index (χ0v) is 13.5. The van der Waals surface area contributed by atoms with Crippen LogP contribution in [0.3, 0.4) is 0 Å². The van der Waals surface area contributed by atoms with Crippen molar-refractivity contribution in [2.45, 2.75) is 17.7 Å². The molecule has 1 aliphatic heterocycles. The summed E-state index contributed by atoms with van der Waals surface area (Å²) in [6.45, 7) is 0. The largest absolute Gasteiger partial charge is 0.274 e. The molecule has 6 nitrogen and oxygen atoms in total. The van der Waals surface area contributed by atoms with Gasteiger partial charge in [-0.3, -0.25) is 19.2 Å². The van der Waals surface area contributed by atoms with Gasteiger partial charge >= 0.3 is 0 Å². The quantitative estimate of drug-likeness (QED) is 0.843. The number of anilines is 2. The van der Waals surface area contributed by atoms with Crippen molar-refractivity contribution in [2.75, 3.05) is 9.62 Å². The summed E-state index contributed by atoms with van der Waals surface area (Å²) >= 11 is 0. The third kappa shape index (κ3) is 3.22. The molecule has 2 aromatic rings. The van der Waals surface area contributed by atoms with Crippen LogP contribution in [0.15, 0.2) is 47.4 Å². The predicted octanol–water partition coefficient (Wildman–Crippen LogP) is 2.42. The van der Waals surface area contributed by atoms with Gasteiger partial charge in [0.1, 0.15) is 17.3 Å². The van der Waals surface area contributed by atoms with E-state index in [1.54, 1.807) is 0 Å². The van der Waals surface area contributed by atoms with Crippen LogP contribution in [0.2, 0.25) is 0 Å². The molecule has 1 heterocycles. The monoisotopic (exact) mass is 366 g/mol. The van der Waals surface area contributed by atoms with Gasteiger partial charge < -0.3 is 0 Å². The lowest BCUT2D eigenvalue weighted by Crippen LogP contribution is -2.28. The topological polar surface area (TPSA) is 83.6 Å². The first kappa shape index (κ1) is 17.0. The van der Waals surface area contributed by atoms with Gasteiger partial charge in [0.15, 0.2) is 0 Å². The summed E-state index contributed by atoms with van der Waals surface area (Å²) in [6, 6.07) is 7.83. The van der Waals surface area contributed by atoms with E-state index in [0.29, 0.717) is 0 Å². The Hall–Kier alpha value is -2.81. The highest BCUT2D eigenvalue weighted by Crippen LogP contribution is 2.26. The van der Waals surface area contributed by atoms with E-state index in [1.165, 1.54) is 12.1 Å². The fourth-order valence-corrected chi connectivity index (χ4v) is 3.50. The molecule has 0 aliphatic carbocycles. The molecule has 0 atom stereocenters. The maximum atomic E-state index is 13.6. The van der Waals surface area contributed by atoms with Gasteiger partial charge in [-0.25, -0.2) is 17.2 Å². The van der Waals surface area contributed by atoms with Gasteiger partial charge in [0.05, 0.1) is 10.6 Å². The Bertz CT molecular complexity index is 922. The Kier molecular flexibility index (Phi) is 4.25. The van der Waals surface area contributed by atoms with Crippen molar-refractivity contribution in [1.82, 2.24) is 0 Å². The Balaban J connectivity index is 1.89. The zero-order valence-electron chi connectivity index (χ0n) is 12.7. The zero-order chi connectivity index (χ0) is 18.2. The molecule has 0 saturated carbocycles. The number of hydrogen-bond donors (Lipinski definition) is 1. The van der Waals surface area contributed by atoms with Gasteiger partial charge in [-0.1, -0.05) is 6.07 Å². The molecule has 0 spiro atoms. The number of carbonyl (C=O) groups excluding carboxylic acids is 2. The standard InChI is InChI=1S/C16H12F2N2O4S/c17-12-2-1-3-13(18)16(12)19-25(23,24)11-6-4-10(5-7-11)20-14(21)8-9-15(20)22/h1-7,19H,8-9H2. The summed E-state index contributed by atoms with van der Waals surface area (Å²) in [5.41, 5.74) is -0.542. The van der Waals surface area contributed by atoms with Crippen LogP contribution in [0.5, 0.6) is 0 Å². The van der Waals surface area contributed by atoms with Crippen molar-refractivity contribution >= 4 is 33.2 Å². The van der Waals surface area contributed by atoms with Crippen LogP contribution >= 0.6 is 0 Å². The van der Waals surface area contributed by atoms with Crippen molar-refractivity contribution in [3.63, 3.8) is 0 Å². The summed E-state index contributed by atoms with van der Waals surface area (Å²) in [5, 5.41) is 0. The minimum Gasteiger partial charge on any atom is -0.274 e. The van der Waals surface area contributed by atoms with E-state index in [0.717, 1.165) is 35.2 Å². The number of sulfonamides is 1. The molecule has 1 saturated heterocycles. The Morgan fingerprint density at radius 1 is 0.880 bits per heavy atom. The van der Waals surface area contributed by atoms with Crippen LogP contribution in [-0.4, -0.2) is 20.2 Å². The molecule has 130 valence electrons. The van der Waals surface area contributed by atoms with E-state index in [1.807, 2.05) is 4.72 Å². The summed E-state index contributed by atoms with van der Waals surface area (Å²) in [7, 11) is -4.24. The average molecular weight is 366 g/mol. The minimum atomic E-state index is -4.24. The molecule has 2 aromatic carbocycles. The fourth-order valence-electron chi connectivity index (χ4n) is 2.43. The van der Waals surface area contributed by atoms with E-state index in [9.17, 15) is 26.8 Å². The first-order valence-corrected chi connectivity index (χ1v) is 8.70. The third-order valence-electron chi connectivity index (χ3n) is 3.66. The van der Waals surface area contributed by atoms with Crippen molar-refractivity contribution in [1.29, 1.82) is 0 Å². The van der Waals surface area contributed by atoms with Crippen molar-refractivity contribution < 1.29 is 26.8 Å². The van der Waals surface area contributed by atoms with Gasteiger partial charge in [-0.2, -0.15) is 0 Å². The molecule has 2 amide bonds. The Morgan fingerprint density at radius 3 is 1.92 bits per heavy atom. The second-order valence-electron chi connectivity index (χ2n) is 5.32. The molecule has 1 aliphatic rings. The molecular formula is C16H12F2N2O4S. The van der Waals surface area contributed by atoms with Gasteiger partial charge in [0, 0.05) is 12.8 Å². The second-order valence-corrected chi connectivity index (χ2v) is 7.00. The number of nitrogens with zero attached hydrogens (tertiary/aromatic N) is 1. The van der Waals surface area contributed by atoms with E-state index in [-0.39, 0.29) is 35.2 Å². The number of carbonyl (C=O) groups is 2. The highest BCUT2D eigenvalue weighted by Gasteiger charge is 2.30. The Labute approximate surface area is 142 Å². The van der Waals surface area contributed by atoms with Gasteiger partial charge in [-0.05, 0) is 36.4 Å². The molecule has 0 unspecified atom stereocenters. The minimum absolute atomic E-state index is 0.104. The lowest BCUT2D eigenvalue weighted by molar-refractivity contribution is -0.121. The number of halogens is 2. The summed E-state index contributed by atoms with van der Waals surface area (Å²) in [6.07, 6.45) is 0.208. The predicted molar refractivity (Wildman–Crippen MR) is 85.3 cm³/mol. The first-order valence-electron chi connectivity index (χ1n) is 7.22. The molecule has 0 aromatic heterocycles. The highest BCUT2D eigenvalue weighted by molar-refractivity contribution is 7.92. The molecule has 0 bridgehead atoms. The lowest BCUT2D eigenvalue weighted by Gasteiger charge is -2.15. The molecule has 25 heavy (non-hydrogen) atoms. The van der Waals surface area contributed by atoms with Crippen molar-refractivity contribution in [3.8, 4) is 0 Å². The summed E-state index contributed by atoms with van der Waals surface area (Å²) in [4.78, 5) is 24.1. The van der Waals surface area contributed by atoms with Gasteiger partial charge in [-0.15, -0.1) is 0 Å². The SMILES string of the molecule is O=C1CCC(=O)N1c1ccc(S(=O)(=O)Nc2c(F)cccc2F)cc1. The number of imide groups is 1. The van der Waals surface area contributed by atoms with Crippen LogP contribution < -0.4 is 9.62 Å². The number of hydrogen-bond acceptors (Lipinski definition) is 4. The van der Waals surface area contributed by atoms with Crippen LogP contribution in [0.4, 0.5) is 20.2 Å². The number of benzene rings is 2. The van der Waals surface area contributed by atoms with Crippen LogP contribution in [0.25, 0.3) is 0 Å². The molecule has 1 N–H and O–H groups in total. The summed E-state index contributed by atoms with van der Waals surface area (Å²) < 4.78 is 53.6. The molecule has 9 heteroatoms. The van der Waals surface area contributed by atoms with Crippen LogP contribution in [-0.2, 0) is 19.6 Å². The molecule has 1 fully saturated rings.